The first kappa shape index (κ1) is 23.8. The molecule has 8 nitrogen and oxygen atoms in total. The molecule has 1 saturated carbocycles. The molecule has 1 fully saturated rings. The number of amides is 2. The molecule has 34 heavy (non-hydrogen) atoms. The predicted molar refractivity (Wildman–Crippen MR) is 125 cm³/mol. The second-order valence-electron chi connectivity index (χ2n) is 8.88. The maximum atomic E-state index is 13.3. The van der Waals surface area contributed by atoms with Crippen LogP contribution in [0.2, 0.25) is 0 Å². The maximum Gasteiger partial charge on any atom is 0.407 e. The van der Waals surface area contributed by atoms with Crippen LogP contribution in [-0.4, -0.2) is 65.9 Å². The van der Waals surface area contributed by atoms with Gasteiger partial charge < -0.3 is 24.8 Å². The van der Waals surface area contributed by atoms with Crippen LogP contribution >= 0.6 is 0 Å². The second-order valence-corrected chi connectivity index (χ2v) is 8.88. The van der Waals surface area contributed by atoms with E-state index < -0.39 is 36.2 Å². The zero-order valence-electron chi connectivity index (χ0n) is 19.6. The number of hydrogen-bond acceptors (Lipinski definition) is 5. The lowest BCUT2D eigenvalue weighted by Gasteiger charge is -2.32. The number of nitrogens with zero attached hydrogens (tertiary/aromatic N) is 1. The van der Waals surface area contributed by atoms with Crippen molar-refractivity contribution in [3.63, 3.8) is 0 Å². The highest BCUT2D eigenvalue weighted by molar-refractivity contribution is 5.90. The lowest BCUT2D eigenvalue weighted by Crippen LogP contribution is -2.58. The Bertz CT molecular complexity index is 1040. The first-order valence-electron chi connectivity index (χ1n) is 11.5. The van der Waals surface area contributed by atoms with E-state index in [9.17, 15) is 19.5 Å². The van der Waals surface area contributed by atoms with Gasteiger partial charge in [0, 0.05) is 19.1 Å². The Morgan fingerprint density at radius 3 is 2.09 bits per heavy atom. The van der Waals surface area contributed by atoms with E-state index in [0.717, 1.165) is 35.1 Å². The van der Waals surface area contributed by atoms with Gasteiger partial charge in [-0.2, -0.15) is 0 Å². The molecule has 3 unspecified atom stereocenters. The van der Waals surface area contributed by atoms with Crippen molar-refractivity contribution in [3.05, 3.63) is 59.7 Å². The molecule has 4 rings (SSSR count). The van der Waals surface area contributed by atoms with Crippen LogP contribution in [-0.2, 0) is 19.1 Å². The van der Waals surface area contributed by atoms with Crippen molar-refractivity contribution in [3.8, 4) is 11.1 Å². The number of methoxy groups -OCH3 is 1. The van der Waals surface area contributed by atoms with Gasteiger partial charge in [0.25, 0.3) is 0 Å². The van der Waals surface area contributed by atoms with E-state index >= 15 is 0 Å². The number of aliphatic carboxylic acids is 1. The average Bonchev–Trinajstić information content (AvgIpc) is 3.62. The molecule has 8 heteroatoms. The molecule has 0 aliphatic heterocycles. The zero-order valence-corrected chi connectivity index (χ0v) is 19.6. The number of alkyl carbamates (subject to hydrolysis) is 1. The highest BCUT2D eigenvalue weighted by Crippen LogP contribution is 2.44. The summed E-state index contributed by atoms with van der Waals surface area (Å²) in [7, 11) is 1.44. The van der Waals surface area contributed by atoms with E-state index in [1.54, 1.807) is 6.92 Å². The van der Waals surface area contributed by atoms with Gasteiger partial charge in [-0.15, -0.1) is 0 Å². The number of fused-ring (bicyclic) bond motifs is 3. The Morgan fingerprint density at radius 1 is 1.03 bits per heavy atom. The lowest BCUT2D eigenvalue weighted by atomic mass is 9.98. The standard InChI is InChI=1S/C26H30N2O6/c1-15(25(30)31)28(17-12-13-17)24(29)23(16(2)33-3)27-26(32)34-14-22-20-10-6-4-8-18(20)19-9-5-7-11-21(19)22/h4-11,15-17,22-23H,12-14H2,1-3H3,(H,27,32)(H,30,31). The highest BCUT2D eigenvalue weighted by atomic mass is 16.5. The molecule has 2 amide bonds. The van der Waals surface area contributed by atoms with Crippen LogP contribution < -0.4 is 5.32 Å². The van der Waals surface area contributed by atoms with Crippen LogP contribution in [0.4, 0.5) is 4.79 Å². The zero-order chi connectivity index (χ0) is 24.4. The van der Waals surface area contributed by atoms with E-state index in [1.807, 2.05) is 36.4 Å². The third-order valence-corrected chi connectivity index (χ3v) is 6.69. The molecule has 2 aliphatic carbocycles. The molecule has 180 valence electrons. The van der Waals surface area contributed by atoms with Crippen LogP contribution in [0.5, 0.6) is 0 Å². The molecule has 0 aromatic heterocycles. The SMILES string of the molecule is COC(C)C(NC(=O)OCC1c2ccccc2-c2ccccc21)C(=O)N(C1CC1)C(C)C(=O)O. The highest BCUT2D eigenvalue weighted by Gasteiger charge is 2.43. The van der Waals surface area contributed by atoms with Crippen LogP contribution in [0.15, 0.2) is 48.5 Å². The largest absolute Gasteiger partial charge is 0.480 e. The molecule has 0 radical (unpaired) electrons. The summed E-state index contributed by atoms with van der Waals surface area (Å²) >= 11 is 0. The van der Waals surface area contributed by atoms with Gasteiger partial charge in [-0.3, -0.25) is 4.79 Å². The number of carboxylic acid groups (broad SMARTS) is 1. The van der Waals surface area contributed by atoms with Crippen LogP contribution in [0.25, 0.3) is 11.1 Å². The molecular weight excluding hydrogens is 436 g/mol. The topological polar surface area (TPSA) is 105 Å². The lowest BCUT2D eigenvalue weighted by molar-refractivity contribution is -0.152. The molecule has 2 N–H and O–H groups in total. The van der Waals surface area contributed by atoms with Crippen LogP contribution in [0.1, 0.15) is 43.7 Å². The predicted octanol–water partition coefficient (Wildman–Crippen LogP) is 3.39. The summed E-state index contributed by atoms with van der Waals surface area (Å²) in [6.45, 7) is 3.24. The van der Waals surface area contributed by atoms with Crippen molar-refractivity contribution in [2.24, 2.45) is 0 Å². The summed E-state index contributed by atoms with van der Waals surface area (Å²) in [5.41, 5.74) is 4.42. The molecule has 2 aromatic rings. The monoisotopic (exact) mass is 466 g/mol. The fraction of sp³-hybridized carbons (Fsp3) is 0.423. The van der Waals surface area contributed by atoms with Gasteiger partial charge in [0.1, 0.15) is 18.7 Å². The number of hydrogen-bond donors (Lipinski definition) is 2. The molecule has 2 aliphatic rings. The van der Waals surface area contributed by atoms with Gasteiger partial charge in [-0.05, 0) is 48.9 Å². The van der Waals surface area contributed by atoms with Gasteiger partial charge in [-0.25, -0.2) is 9.59 Å². The van der Waals surface area contributed by atoms with Gasteiger partial charge in [0.05, 0.1) is 6.10 Å². The smallest absolute Gasteiger partial charge is 0.407 e. The number of rotatable bonds is 9. The summed E-state index contributed by atoms with van der Waals surface area (Å²) < 4.78 is 10.9. The molecule has 0 saturated heterocycles. The molecule has 0 spiro atoms. The van der Waals surface area contributed by atoms with Crippen molar-refractivity contribution in [2.75, 3.05) is 13.7 Å². The summed E-state index contributed by atoms with van der Waals surface area (Å²) in [5.74, 6) is -1.69. The minimum atomic E-state index is -1.09. The average molecular weight is 467 g/mol. The maximum absolute atomic E-state index is 13.3. The fourth-order valence-corrected chi connectivity index (χ4v) is 4.60. The van der Waals surface area contributed by atoms with E-state index in [-0.39, 0.29) is 18.6 Å². The third kappa shape index (κ3) is 4.63. The number of benzene rings is 2. The Kier molecular flexibility index (Phi) is 6.88. The fourth-order valence-electron chi connectivity index (χ4n) is 4.60. The van der Waals surface area contributed by atoms with Crippen molar-refractivity contribution < 1.29 is 29.0 Å². The van der Waals surface area contributed by atoms with Gasteiger partial charge >= 0.3 is 12.1 Å². The van der Waals surface area contributed by atoms with Gasteiger partial charge in [-0.1, -0.05) is 48.5 Å². The number of nitrogens with one attached hydrogen (secondary N) is 1. The molecular formula is C26H30N2O6. The summed E-state index contributed by atoms with van der Waals surface area (Å²) in [4.78, 5) is 39.0. The van der Waals surface area contributed by atoms with Crippen LogP contribution in [0.3, 0.4) is 0 Å². The number of ether oxygens (including phenoxy) is 2. The van der Waals surface area contributed by atoms with Crippen LogP contribution in [0, 0.1) is 0 Å². The van der Waals surface area contributed by atoms with Crippen molar-refractivity contribution in [2.45, 2.75) is 56.8 Å². The summed E-state index contributed by atoms with van der Waals surface area (Å²) in [6.07, 6.45) is 0.0585. The summed E-state index contributed by atoms with van der Waals surface area (Å²) in [6, 6.07) is 13.8. The van der Waals surface area contributed by atoms with Gasteiger partial charge in [0.15, 0.2) is 0 Å². The molecule has 3 atom stereocenters. The summed E-state index contributed by atoms with van der Waals surface area (Å²) in [5, 5.41) is 12.1. The van der Waals surface area contributed by atoms with Crippen molar-refractivity contribution >= 4 is 18.0 Å². The Labute approximate surface area is 198 Å². The van der Waals surface area contributed by atoms with Gasteiger partial charge in [0.2, 0.25) is 5.91 Å². The minimum Gasteiger partial charge on any atom is -0.480 e. The number of carbonyl (C=O) groups excluding carboxylic acids is 2. The molecule has 0 bridgehead atoms. The quantitative estimate of drug-likeness (QED) is 0.587. The second kappa shape index (κ2) is 9.85. The Morgan fingerprint density at radius 2 is 1.59 bits per heavy atom. The van der Waals surface area contributed by atoms with Crippen molar-refractivity contribution in [1.29, 1.82) is 0 Å². The Balaban J connectivity index is 1.47. The number of carboxylic acids is 1. The number of carbonyl (C=O) groups is 3. The first-order valence-corrected chi connectivity index (χ1v) is 11.5. The van der Waals surface area contributed by atoms with E-state index in [0.29, 0.717) is 0 Å². The first-order chi connectivity index (χ1) is 16.3. The Hall–Kier alpha value is -3.39. The van der Waals surface area contributed by atoms with E-state index in [4.69, 9.17) is 9.47 Å². The van der Waals surface area contributed by atoms with E-state index in [1.165, 1.54) is 18.9 Å². The third-order valence-electron chi connectivity index (χ3n) is 6.69. The van der Waals surface area contributed by atoms with E-state index in [2.05, 4.69) is 17.4 Å². The molecule has 0 heterocycles. The normalized spacial score (nSPS) is 17.1. The minimum absolute atomic E-state index is 0.109. The molecule has 2 aromatic carbocycles. The van der Waals surface area contributed by atoms with Crippen molar-refractivity contribution in [1.82, 2.24) is 10.2 Å².